The molecule has 0 aliphatic rings. The molecular weight excluding hydrogens is 333 g/mol. The van der Waals surface area contributed by atoms with Crippen molar-refractivity contribution in [2.45, 2.75) is 6.36 Å². The van der Waals surface area contributed by atoms with E-state index in [1.807, 2.05) is 42.3 Å². The summed E-state index contributed by atoms with van der Waals surface area (Å²) in [6.45, 7) is 1.14. The van der Waals surface area contributed by atoms with E-state index in [1.165, 1.54) is 24.3 Å². The van der Waals surface area contributed by atoms with E-state index in [4.69, 9.17) is 5.73 Å². The van der Waals surface area contributed by atoms with Gasteiger partial charge in [0.25, 0.3) is 0 Å². The van der Waals surface area contributed by atoms with Crippen LogP contribution in [0.2, 0.25) is 0 Å². The third-order valence-corrected chi connectivity index (χ3v) is 3.27. The van der Waals surface area contributed by atoms with E-state index < -0.39 is 6.36 Å². The second-order valence-electron chi connectivity index (χ2n) is 5.22. The number of nitrogens with zero attached hydrogens (tertiary/aromatic N) is 2. The zero-order valence-corrected chi connectivity index (χ0v) is 13.6. The predicted octanol–water partition coefficient (Wildman–Crippen LogP) is 3.45. The fraction of sp³-hybridized carbons (Fsp3) is 0.235. The molecule has 0 amide bonds. The van der Waals surface area contributed by atoms with Gasteiger partial charge in [0.1, 0.15) is 5.75 Å². The molecule has 0 aliphatic heterocycles. The minimum atomic E-state index is -4.71. The summed E-state index contributed by atoms with van der Waals surface area (Å²) in [4.78, 5) is 6.24. The lowest BCUT2D eigenvalue weighted by atomic mass is 10.3. The van der Waals surface area contributed by atoms with E-state index in [1.54, 1.807) is 0 Å². The summed E-state index contributed by atoms with van der Waals surface area (Å²) in [5.74, 6) is -0.107. The van der Waals surface area contributed by atoms with Gasteiger partial charge in [0.15, 0.2) is 5.96 Å². The number of guanidine groups is 1. The number of nitrogens with two attached hydrogens (primary N) is 1. The number of aliphatic imine (C=N–C) groups is 1. The third-order valence-electron chi connectivity index (χ3n) is 3.27. The van der Waals surface area contributed by atoms with Crippen molar-refractivity contribution in [1.82, 2.24) is 0 Å². The fourth-order valence-corrected chi connectivity index (χ4v) is 2.06. The first-order valence-electron chi connectivity index (χ1n) is 7.52. The van der Waals surface area contributed by atoms with Crippen molar-refractivity contribution >= 4 is 17.3 Å². The summed E-state index contributed by atoms with van der Waals surface area (Å²) in [5, 5.41) is 2.82. The number of para-hydroxylation sites is 1. The number of hydrogen-bond donors (Lipinski definition) is 2. The van der Waals surface area contributed by atoms with Crippen molar-refractivity contribution in [2.24, 2.45) is 10.7 Å². The summed E-state index contributed by atoms with van der Waals surface area (Å²) in [5.41, 5.74) is 7.37. The first-order valence-corrected chi connectivity index (χ1v) is 7.52. The molecule has 0 bridgehead atoms. The van der Waals surface area contributed by atoms with Gasteiger partial charge in [0.2, 0.25) is 0 Å². The molecule has 2 aromatic rings. The van der Waals surface area contributed by atoms with Crippen LogP contribution in [-0.4, -0.2) is 32.5 Å². The fourth-order valence-electron chi connectivity index (χ4n) is 2.06. The van der Waals surface area contributed by atoms with Crippen molar-refractivity contribution < 1.29 is 17.9 Å². The normalized spacial score (nSPS) is 11.9. The average Bonchev–Trinajstić information content (AvgIpc) is 2.56. The smallest absolute Gasteiger partial charge is 0.406 e. The van der Waals surface area contributed by atoms with Crippen molar-refractivity contribution in [2.75, 3.05) is 30.4 Å². The Bertz CT molecular complexity index is 687. The number of anilines is 2. The number of benzene rings is 2. The van der Waals surface area contributed by atoms with Gasteiger partial charge in [-0.3, -0.25) is 4.99 Å². The maximum atomic E-state index is 12.1. The van der Waals surface area contributed by atoms with Crippen LogP contribution in [0.1, 0.15) is 0 Å². The molecule has 3 N–H and O–H groups in total. The molecule has 0 aromatic heterocycles. The largest absolute Gasteiger partial charge is 0.573 e. The molecule has 5 nitrogen and oxygen atoms in total. The quantitative estimate of drug-likeness (QED) is 0.617. The standard InChI is InChI=1S/C17H19F3N4O/c1-24(14-5-3-2-4-6-14)12-11-22-16(21)23-13-7-9-15(10-8-13)25-17(18,19)20/h2-10H,11-12H2,1H3,(H3,21,22,23). The van der Waals surface area contributed by atoms with Gasteiger partial charge >= 0.3 is 6.36 Å². The summed E-state index contributed by atoms with van der Waals surface area (Å²) in [6.07, 6.45) is -4.71. The number of nitrogens with one attached hydrogen (secondary N) is 1. The molecule has 0 saturated carbocycles. The Balaban J connectivity index is 1.82. The topological polar surface area (TPSA) is 62.9 Å². The van der Waals surface area contributed by atoms with Gasteiger partial charge in [-0.15, -0.1) is 13.2 Å². The minimum absolute atomic E-state index is 0.186. The number of alkyl halides is 3. The number of halogens is 3. The van der Waals surface area contributed by atoms with E-state index in [-0.39, 0.29) is 11.7 Å². The lowest BCUT2D eigenvalue weighted by molar-refractivity contribution is -0.274. The molecule has 0 spiro atoms. The first-order chi connectivity index (χ1) is 11.8. The van der Waals surface area contributed by atoms with Crippen LogP contribution < -0.4 is 20.7 Å². The van der Waals surface area contributed by atoms with Crippen LogP contribution >= 0.6 is 0 Å². The number of ether oxygens (including phenoxy) is 1. The first kappa shape index (κ1) is 18.4. The summed E-state index contributed by atoms with van der Waals surface area (Å²) in [6, 6.07) is 15.1. The van der Waals surface area contributed by atoms with Crippen LogP contribution in [-0.2, 0) is 0 Å². The van der Waals surface area contributed by atoms with E-state index in [0.717, 1.165) is 5.69 Å². The molecule has 0 heterocycles. The van der Waals surface area contributed by atoms with Crippen LogP contribution in [0.4, 0.5) is 24.5 Å². The summed E-state index contributed by atoms with van der Waals surface area (Å²) < 4.78 is 40.1. The summed E-state index contributed by atoms with van der Waals surface area (Å²) in [7, 11) is 1.95. The van der Waals surface area contributed by atoms with E-state index >= 15 is 0 Å². The monoisotopic (exact) mass is 352 g/mol. The lowest BCUT2D eigenvalue weighted by Gasteiger charge is -2.18. The maximum Gasteiger partial charge on any atom is 0.573 e. The number of hydrogen-bond acceptors (Lipinski definition) is 3. The molecule has 0 atom stereocenters. The van der Waals surface area contributed by atoms with Gasteiger partial charge in [0, 0.05) is 25.0 Å². The molecule has 0 aliphatic carbocycles. The maximum absolute atomic E-state index is 12.1. The van der Waals surface area contributed by atoms with Crippen LogP contribution in [0.15, 0.2) is 59.6 Å². The summed E-state index contributed by atoms with van der Waals surface area (Å²) >= 11 is 0. The van der Waals surface area contributed by atoms with Gasteiger partial charge in [-0.1, -0.05) is 18.2 Å². The highest BCUT2D eigenvalue weighted by Crippen LogP contribution is 2.23. The highest BCUT2D eigenvalue weighted by Gasteiger charge is 2.30. The molecule has 134 valence electrons. The molecule has 0 saturated heterocycles. The van der Waals surface area contributed by atoms with Gasteiger partial charge in [-0.2, -0.15) is 0 Å². The van der Waals surface area contributed by atoms with Gasteiger partial charge in [-0.25, -0.2) is 0 Å². The molecule has 0 fully saturated rings. The second kappa shape index (κ2) is 8.27. The zero-order chi connectivity index (χ0) is 18.3. The third kappa shape index (κ3) is 6.62. The van der Waals surface area contributed by atoms with Crippen molar-refractivity contribution in [3.63, 3.8) is 0 Å². The molecule has 0 unspecified atom stereocenters. The Morgan fingerprint density at radius 2 is 1.76 bits per heavy atom. The highest BCUT2D eigenvalue weighted by molar-refractivity contribution is 5.92. The Kier molecular flexibility index (Phi) is 6.10. The van der Waals surface area contributed by atoms with Crippen LogP contribution in [0.5, 0.6) is 5.75 Å². The second-order valence-corrected chi connectivity index (χ2v) is 5.22. The van der Waals surface area contributed by atoms with Crippen molar-refractivity contribution in [3.05, 3.63) is 54.6 Å². The molecule has 2 rings (SSSR count). The van der Waals surface area contributed by atoms with Gasteiger partial charge in [-0.05, 0) is 36.4 Å². The van der Waals surface area contributed by atoms with Crippen LogP contribution in [0, 0.1) is 0 Å². The van der Waals surface area contributed by atoms with Crippen molar-refractivity contribution in [1.29, 1.82) is 0 Å². The van der Waals surface area contributed by atoms with Crippen molar-refractivity contribution in [3.8, 4) is 5.75 Å². The molecule has 2 aromatic carbocycles. The van der Waals surface area contributed by atoms with E-state index in [2.05, 4.69) is 15.0 Å². The van der Waals surface area contributed by atoms with Gasteiger partial charge in [0.05, 0.1) is 6.54 Å². The van der Waals surface area contributed by atoms with Crippen LogP contribution in [0.25, 0.3) is 0 Å². The number of rotatable bonds is 6. The Hall–Kier alpha value is -2.90. The molecular formula is C17H19F3N4O. The Morgan fingerprint density at radius 3 is 2.36 bits per heavy atom. The van der Waals surface area contributed by atoms with Gasteiger partial charge < -0.3 is 20.7 Å². The van der Waals surface area contributed by atoms with E-state index in [0.29, 0.717) is 18.8 Å². The molecule has 0 radical (unpaired) electrons. The molecule has 25 heavy (non-hydrogen) atoms. The molecule has 8 heteroatoms. The SMILES string of the molecule is CN(CCN=C(N)Nc1ccc(OC(F)(F)F)cc1)c1ccccc1. The highest BCUT2D eigenvalue weighted by atomic mass is 19.4. The number of likely N-dealkylation sites (N-methyl/N-ethyl adjacent to an activating group) is 1. The Labute approximate surface area is 143 Å². The predicted molar refractivity (Wildman–Crippen MR) is 92.9 cm³/mol. The Morgan fingerprint density at radius 1 is 1.12 bits per heavy atom. The van der Waals surface area contributed by atoms with E-state index in [9.17, 15) is 13.2 Å². The lowest BCUT2D eigenvalue weighted by Crippen LogP contribution is -2.26. The minimum Gasteiger partial charge on any atom is -0.406 e. The average molecular weight is 352 g/mol. The zero-order valence-electron chi connectivity index (χ0n) is 13.6. The van der Waals surface area contributed by atoms with Crippen LogP contribution in [0.3, 0.4) is 0 Å².